The van der Waals surface area contributed by atoms with Crippen LogP contribution >= 0.6 is 0 Å². The molecule has 0 aliphatic carbocycles. The molecule has 0 radical (unpaired) electrons. The maximum absolute atomic E-state index is 12.6. The molecule has 20 heavy (non-hydrogen) atoms. The molecule has 0 bridgehead atoms. The summed E-state index contributed by atoms with van der Waals surface area (Å²) in [6.45, 7) is 0.657. The Morgan fingerprint density at radius 1 is 1.20 bits per heavy atom. The monoisotopic (exact) mass is 268 g/mol. The summed E-state index contributed by atoms with van der Waals surface area (Å²) in [5.41, 5.74) is 8.81. The average molecular weight is 268 g/mol. The van der Waals surface area contributed by atoms with Crippen LogP contribution in [0.3, 0.4) is 0 Å². The third kappa shape index (κ3) is 2.09. The van der Waals surface area contributed by atoms with Crippen LogP contribution in [0.4, 0.5) is 11.4 Å². The van der Waals surface area contributed by atoms with Crippen LogP contribution in [0.1, 0.15) is 22.3 Å². The van der Waals surface area contributed by atoms with Gasteiger partial charge < -0.3 is 15.7 Å². The second-order valence-corrected chi connectivity index (χ2v) is 4.97. The number of hydrogen-bond donors (Lipinski definition) is 2. The van der Waals surface area contributed by atoms with Gasteiger partial charge >= 0.3 is 0 Å². The normalized spacial score (nSPS) is 13.9. The summed E-state index contributed by atoms with van der Waals surface area (Å²) in [6.07, 6.45) is 1.82. The van der Waals surface area contributed by atoms with Crippen LogP contribution in [-0.2, 0) is 6.42 Å². The Balaban J connectivity index is 2.01. The van der Waals surface area contributed by atoms with Gasteiger partial charge in [0.05, 0.1) is 5.56 Å². The van der Waals surface area contributed by atoms with Gasteiger partial charge in [0.15, 0.2) is 0 Å². The minimum Gasteiger partial charge on any atom is -0.507 e. The minimum absolute atomic E-state index is 0.0140. The van der Waals surface area contributed by atoms with Crippen LogP contribution in [0.5, 0.6) is 5.75 Å². The standard InChI is InChI=1S/C16H16N2O2/c17-12-7-8-14-11(10-12)4-3-9-18(14)16(20)13-5-1-2-6-15(13)19/h1-2,5-8,10,19H,3-4,9,17H2. The van der Waals surface area contributed by atoms with Crippen LogP contribution in [-0.4, -0.2) is 17.6 Å². The topological polar surface area (TPSA) is 66.6 Å². The van der Waals surface area contributed by atoms with E-state index < -0.39 is 0 Å². The summed E-state index contributed by atoms with van der Waals surface area (Å²) in [7, 11) is 0. The van der Waals surface area contributed by atoms with E-state index in [0.29, 0.717) is 17.8 Å². The van der Waals surface area contributed by atoms with Gasteiger partial charge in [-0.05, 0) is 48.7 Å². The number of carbonyl (C=O) groups excluding carboxylic acids is 1. The van der Waals surface area contributed by atoms with Gasteiger partial charge in [0.2, 0.25) is 0 Å². The Hall–Kier alpha value is -2.49. The molecule has 0 saturated heterocycles. The second-order valence-electron chi connectivity index (χ2n) is 4.97. The lowest BCUT2D eigenvalue weighted by Gasteiger charge is -2.30. The van der Waals surface area contributed by atoms with E-state index in [1.54, 1.807) is 29.2 Å². The Morgan fingerprint density at radius 2 is 2.00 bits per heavy atom. The molecule has 0 spiro atoms. The zero-order chi connectivity index (χ0) is 14.1. The van der Waals surface area contributed by atoms with Crippen molar-refractivity contribution in [1.82, 2.24) is 0 Å². The van der Waals surface area contributed by atoms with Crippen molar-refractivity contribution in [2.24, 2.45) is 0 Å². The highest BCUT2D eigenvalue weighted by Gasteiger charge is 2.25. The smallest absolute Gasteiger partial charge is 0.262 e. The van der Waals surface area contributed by atoms with Crippen LogP contribution < -0.4 is 10.6 Å². The molecule has 2 aromatic carbocycles. The first-order valence-corrected chi connectivity index (χ1v) is 6.65. The number of nitrogens with two attached hydrogens (primary N) is 1. The summed E-state index contributed by atoms with van der Waals surface area (Å²) in [6, 6.07) is 12.2. The van der Waals surface area contributed by atoms with Crippen molar-refractivity contribution >= 4 is 17.3 Å². The predicted octanol–water partition coefficient (Wildman–Crippen LogP) is 2.57. The highest BCUT2D eigenvalue weighted by atomic mass is 16.3. The number of carbonyl (C=O) groups is 1. The van der Waals surface area contributed by atoms with E-state index in [4.69, 9.17) is 5.73 Å². The summed E-state index contributed by atoms with van der Waals surface area (Å²) in [4.78, 5) is 14.3. The van der Waals surface area contributed by atoms with Crippen molar-refractivity contribution in [3.63, 3.8) is 0 Å². The first-order valence-electron chi connectivity index (χ1n) is 6.65. The summed E-state index contributed by atoms with van der Waals surface area (Å²) < 4.78 is 0. The third-order valence-corrected chi connectivity index (χ3v) is 3.60. The van der Waals surface area contributed by atoms with Crippen molar-refractivity contribution in [2.75, 3.05) is 17.2 Å². The average Bonchev–Trinajstić information content (AvgIpc) is 2.46. The maximum atomic E-state index is 12.6. The van der Waals surface area contributed by atoms with E-state index >= 15 is 0 Å². The Kier molecular flexibility index (Phi) is 3.06. The molecule has 102 valence electrons. The molecule has 1 aliphatic rings. The highest BCUT2D eigenvalue weighted by Crippen LogP contribution is 2.31. The fourth-order valence-corrected chi connectivity index (χ4v) is 2.63. The molecule has 3 rings (SSSR count). The first kappa shape index (κ1) is 12.5. The van der Waals surface area contributed by atoms with Gasteiger partial charge in [0.25, 0.3) is 5.91 Å². The van der Waals surface area contributed by atoms with Crippen molar-refractivity contribution in [2.45, 2.75) is 12.8 Å². The molecule has 1 aliphatic heterocycles. The number of phenolic OH excluding ortho intramolecular Hbond substituents is 1. The zero-order valence-electron chi connectivity index (χ0n) is 11.0. The molecule has 0 saturated carbocycles. The Labute approximate surface area is 117 Å². The van der Waals surface area contributed by atoms with Crippen molar-refractivity contribution < 1.29 is 9.90 Å². The maximum Gasteiger partial charge on any atom is 0.262 e. The minimum atomic E-state index is -0.172. The molecule has 0 fully saturated rings. The predicted molar refractivity (Wildman–Crippen MR) is 79.0 cm³/mol. The first-order chi connectivity index (χ1) is 9.66. The lowest BCUT2D eigenvalue weighted by molar-refractivity contribution is 0.0982. The molecule has 1 heterocycles. The molecule has 4 nitrogen and oxygen atoms in total. The number of amides is 1. The van der Waals surface area contributed by atoms with E-state index in [-0.39, 0.29) is 11.7 Å². The van der Waals surface area contributed by atoms with Crippen LogP contribution in [0, 0.1) is 0 Å². The van der Waals surface area contributed by atoms with E-state index in [2.05, 4.69) is 0 Å². The van der Waals surface area contributed by atoms with Crippen molar-refractivity contribution in [3.05, 3.63) is 53.6 Å². The van der Waals surface area contributed by atoms with E-state index in [1.165, 1.54) is 6.07 Å². The number of phenols is 1. The molecular formula is C16H16N2O2. The SMILES string of the molecule is Nc1ccc2c(c1)CCCN2C(=O)c1ccccc1O. The number of nitrogens with zero attached hydrogens (tertiary/aromatic N) is 1. The van der Waals surface area contributed by atoms with E-state index in [1.807, 2.05) is 12.1 Å². The lowest BCUT2D eigenvalue weighted by atomic mass is 10.00. The van der Waals surface area contributed by atoms with Gasteiger partial charge in [-0.1, -0.05) is 12.1 Å². The number of nitrogen functional groups attached to an aromatic ring is 1. The van der Waals surface area contributed by atoms with Crippen LogP contribution in [0.25, 0.3) is 0 Å². The molecule has 0 unspecified atom stereocenters. The van der Waals surface area contributed by atoms with Gasteiger partial charge in [0, 0.05) is 17.9 Å². The molecule has 0 aromatic heterocycles. The number of benzene rings is 2. The van der Waals surface area contributed by atoms with Gasteiger partial charge in [-0.3, -0.25) is 4.79 Å². The second kappa shape index (κ2) is 4.89. The van der Waals surface area contributed by atoms with Crippen molar-refractivity contribution in [3.8, 4) is 5.75 Å². The number of para-hydroxylation sites is 1. The van der Waals surface area contributed by atoms with E-state index in [0.717, 1.165) is 24.1 Å². The number of aromatic hydroxyl groups is 1. The fourth-order valence-electron chi connectivity index (χ4n) is 2.63. The summed E-state index contributed by atoms with van der Waals surface area (Å²) >= 11 is 0. The Bertz CT molecular complexity index is 667. The van der Waals surface area contributed by atoms with Gasteiger partial charge in [-0.25, -0.2) is 0 Å². The van der Waals surface area contributed by atoms with Gasteiger partial charge in [0.1, 0.15) is 5.75 Å². The van der Waals surface area contributed by atoms with Gasteiger partial charge in [-0.15, -0.1) is 0 Å². The number of aryl methyl sites for hydroxylation is 1. The van der Waals surface area contributed by atoms with E-state index in [9.17, 15) is 9.90 Å². The quantitative estimate of drug-likeness (QED) is 0.781. The molecule has 2 aromatic rings. The number of fused-ring (bicyclic) bond motifs is 1. The van der Waals surface area contributed by atoms with Crippen LogP contribution in [0.15, 0.2) is 42.5 Å². The van der Waals surface area contributed by atoms with Gasteiger partial charge in [-0.2, -0.15) is 0 Å². The molecular weight excluding hydrogens is 252 g/mol. The highest BCUT2D eigenvalue weighted by molar-refractivity contribution is 6.08. The fraction of sp³-hybridized carbons (Fsp3) is 0.188. The lowest BCUT2D eigenvalue weighted by Crippen LogP contribution is -2.35. The molecule has 1 amide bonds. The molecule has 0 atom stereocenters. The molecule has 3 N–H and O–H groups in total. The number of rotatable bonds is 1. The third-order valence-electron chi connectivity index (χ3n) is 3.60. The largest absolute Gasteiger partial charge is 0.507 e. The Morgan fingerprint density at radius 3 is 2.80 bits per heavy atom. The number of hydrogen-bond acceptors (Lipinski definition) is 3. The summed E-state index contributed by atoms with van der Waals surface area (Å²) in [5.74, 6) is -0.158. The van der Waals surface area contributed by atoms with Crippen molar-refractivity contribution in [1.29, 1.82) is 0 Å². The van der Waals surface area contributed by atoms with Crippen LogP contribution in [0.2, 0.25) is 0 Å². The number of anilines is 2. The molecule has 4 heteroatoms. The summed E-state index contributed by atoms with van der Waals surface area (Å²) in [5, 5.41) is 9.84. The zero-order valence-corrected chi connectivity index (χ0v) is 11.0.